The van der Waals surface area contributed by atoms with Crippen molar-refractivity contribution in [1.82, 2.24) is 29.7 Å². The summed E-state index contributed by atoms with van der Waals surface area (Å²) >= 11 is 0. The van der Waals surface area contributed by atoms with Crippen LogP contribution in [0.3, 0.4) is 0 Å². The van der Waals surface area contributed by atoms with Crippen LogP contribution in [0.25, 0.3) is 22.3 Å². The van der Waals surface area contributed by atoms with E-state index < -0.39 is 18.1 Å². The van der Waals surface area contributed by atoms with E-state index in [2.05, 4.69) is 49.9 Å². The number of amides is 2. The smallest absolute Gasteiger partial charge is 0.407 e. The van der Waals surface area contributed by atoms with E-state index in [1.54, 1.807) is 37.5 Å². The maximum atomic E-state index is 13.0. The van der Waals surface area contributed by atoms with Gasteiger partial charge in [-0.2, -0.15) is 0 Å². The lowest BCUT2D eigenvalue weighted by molar-refractivity contribution is -0.142. The van der Waals surface area contributed by atoms with E-state index in [4.69, 9.17) is 4.74 Å². The van der Waals surface area contributed by atoms with Gasteiger partial charge in [-0.25, -0.2) is 19.7 Å². The number of fused-ring (bicyclic) bond motifs is 4. The topological polar surface area (TPSA) is 152 Å². The molecule has 3 atom stereocenters. The Labute approximate surface area is 270 Å². The number of hydrogen-bond donors (Lipinski definition) is 3. The number of anilines is 1. The fourth-order valence-corrected chi connectivity index (χ4v) is 6.77. The first-order valence-corrected chi connectivity index (χ1v) is 15.5. The fraction of sp³-hybridized carbons (Fsp3) is 0.257. The normalized spacial score (nSPS) is 18.0. The molecule has 12 nitrogen and oxygen atoms in total. The summed E-state index contributed by atoms with van der Waals surface area (Å²) in [4.78, 5) is 52.9. The Morgan fingerprint density at radius 2 is 1.62 bits per heavy atom. The van der Waals surface area contributed by atoms with Crippen LogP contribution in [0.5, 0.6) is 0 Å². The third-order valence-electron chi connectivity index (χ3n) is 9.14. The number of likely N-dealkylation sites (tertiary alicyclic amines) is 1. The molecule has 3 N–H and O–H groups in total. The second kappa shape index (κ2) is 12.6. The summed E-state index contributed by atoms with van der Waals surface area (Å²) < 4.78 is 7.60. The first-order chi connectivity index (χ1) is 22.9. The maximum Gasteiger partial charge on any atom is 0.407 e. The summed E-state index contributed by atoms with van der Waals surface area (Å²) in [6.07, 6.45) is 2.97. The molecular formula is C35H33N7O5. The maximum absolute atomic E-state index is 13.0. The number of carbonyl (C=O) groups excluding carboxylic acids is 2. The third kappa shape index (κ3) is 5.79. The van der Waals surface area contributed by atoms with Gasteiger partial charge in [0.25, 0.3) is 5.91 Å². The van der Waals surface area contributed by atoms with Crippen molar-refractivity contribution in [3.05, 3.63) is 108 Å². The molecule has 0 unspecified atom stereocenters. The van der Waals surface area contributed by atoms with E-state index >= 15 is 0 Å². The molecule has 0 saturated carbocycles. The Kier molecular flexibility index (Phi) is 8.08. The number of hydrogen-bond acceptors (Lipinski definition) is 8. The average Bonchev–Trinajstić information content (AvgIpc) is 3.81. The van der Waals surface area contributed by atoms with Crippen molar-refractivity contribution in [3.63, 3.8) is 0 Å². The molecule has 1 saturated heterocycles. The summed E-state index contributed by atoms with van der Waals surface area (Å²) in [5, 5.41) is 15.6. The summed E-state index contributed by atoms with van der Waals surface area (Å²) in [6, 6.07) is 23.8. The second-order valence-corrected chi connectivity index (χ2v) is 11.8. The van der Waals surface area contributed by atoms with Crippen LogP contribution in [-0.4, -0.2) is 79.3 Å². The van der Waals surface area contributed by atoms with E-state index in [1.807, 2.05) is 39.8 Å². The van der Waals surface area contributed by atoms with Gasteiger partial charge in [0.05, 0.1) is 12.4 Å². The number of nitrogens with one attached hydrogen (secondary N) is 2. The monoisotopic (exact) mass is 631 g/mol. The SMILES string of the molecule is C[C@@H](C(=O)O)N1C[C@H](n2cnc3c(NC(=O)c4ccccc4)ncnc32)C[C@@H]1CNC(=O)OCC1c2ccccc2-c2ccccc21. The van der Waals surface area contributed by atoms with Crippen LogP contribution >= 0.6 is 0 Å². The van der Waals surface area contributed by atoms with Crippen LogP contribution < -0.4 is 10.6 Å². The number of nitrogens with zero attached hydrogens (tertiary/aromatic N) is 5. The lowest BCUT2D eigenvalue weighted by Crippen LogP contribution is -2.47. The van der Waals surface area contributed by atoms with Crippen LogP contribution in [0.4, 0.5) is 10.6 Å². The molecule has 2 aliphatic rings. The Morgan fingerprint density at radius 1 is 0.936 bits per heavy atom. The number of rotatable bonds is 9. The Morgan fingerprint density at radius 3 is 2.32 bits per heavy atom. The van der Waals surface area contributed by atoms with E-state index in [1.165, 1.54) is 6.33 Å². The molecule has 3 heterocycles. The number of aliphatic carboxylic acids is 1. The van der Waals surface area contributed by atoms with Gasteiger partial charge in [0.15, 0.2) is 17.0 Å². The van der Waals surface area contributed by atoms with Crippen molar-refractivity contribution in [2.45, 2.75) is 37.4 Å². The summed E-state index contributed by atoms with van der Waals surface area (Å²) in [5.41, 5.74) is 5.98. The Hall–Kier alpha value is -5.62. The zero-order valence-electron chi connectivity index (χ0n) is 25.6. The van der Waals surface area contributed by atoms with Crippen LogP contribution in [0.15, 0.2) is 91.5 Å². The molecule has 0 bridgehead atoms. The lowest BCUT2D eigenvalue weighted by atomic mass is 9.98. The zero-order valence-corrected chi connectivity index (χ0v) is 25.6. The predicted molar refractivity (Wildman–Crippen MR) is 174 cm³/mol. The molecule has 0 spiro atoms. The minimum absolute atomic E-state index is 0.0635. The quantitative estimate of drug-likeness (QED) is 0.210. The summed E-state index contributed by atoms with van der Waals surface area (Å²) in [5.74, 6) is -1.06. The molecule has 2 aromatic heterocycles. The van der Waals surface area contributed by atoms with Gasteiger partial charge >= 0.3 is 12.1 Å². The predicted octanol–water partition coefficient (Wildman–Crippen LogP) is 4.71. The molecule has 2 amide bonds. The molecule has 1 aliphatic carbocycles. The van der Waals surface area contributed by atoms with Crippen LogP contribution in [0.2, 0.25) is 0 Å². The minimum atomic E-state index is -0.958. The van der Waals surface area contributed by atoms with Crippen LogP contribution in [0.1, 0.15) is 46.8 Å². The van der Waals surface area contributed by atoms with Crippen molar-refractivity contribution in [3.8, 4) is 11.1 Å². The highest BCUT2D eigenvalue weighted by Crippen LogP contribution is 2.44. The molecule has 1 fully saturated rings. The molecule has 12 heteroatoms. The Balaban J connectivity index is 1.03. The van der Waals surface area contributed by atoms with Gasteiger partial charge in [0.1, 0.15) is 19.0 Å². The zero-order chi connectivity index (χ0) is 32.5. The summed E-state index contributed by atoms with van der Waals surface area (Å²) in [7, 11) is 0. The Bertz CT molecular complexity index is 1920. The lowest BCUT2D eigenvalue weighted by Gasteiger charge is -2.27. The van der Waals surface area contributed by atoms with Crippen molar-refractivity contribution < 1.29 is 24.2 Å². The first kappa shape index (κ1) is 30.1. The first-order valence-electron chi connectivity index (χ1n) is 15.5. The minimum Gasteiger partial charge on any atom is -0.480 e. The molecule has 0 radical (unpaired) electrons. The van der Waals surface area contributed by atoms with Crippen LogP contribution in [0, 0.1) is 0 Å². The van der Waals surface area contributed by atoms with Gasteiger partial charge < -0.3 is 25.0 Å². The standard InChI is InChI=1S/C35H33N7O5/c1-21(34(44)45)41-17-24(42-20-39-30-31(37-19-38-32(30)42)40-33(43)22-9-3-2-4-10-22)15-23(41)16-36-35(46)47-18-29-27-13-7-5-11-25(27)26-12-6-8-14-28(26)29/h2-14,19-21,23-24,29H,15-18H2,1H3,(H,36,46)(H,44,45)(H,37,38,40,43)/t21-,23+,24+/m0/s1. The molecule has 3 aromatic carbocycles. The number of benzene rings is 3. The molecule has 7 rings (SSSR count). The number of carboxylic acids is 1. The van der Waals surface area contributed by atoms with Crippen LogP contribution in [-0.2, 0) is 9.53 Å². The highest BCUT2D eigenvalue weighted by Gasteiger charge is 2.39. The number of ether oxygens (including phenoxy) is 1. The highest BCUT2D eigenvalue weighted by molar-refractivity contribution is 6.06. The van der Waals surface area contributed by atoms with Gasteiger partial charge in [-0.05, 0) is 47.7 Å². The van der Waals surface area contributed by atoms with Crippen molar-refractivity contribution in [2.24, 2.45) is 0 Å². The van der Waals surface area contributed by atoms with Crippen molar-refractivity contribution in [2.75, 3.05) is 25.0 Å². The number of imidazole rings is 1. The number of carbonyl (C=O) groups is 3. The van der Waals surface area contributed by atoms with E-state index in [-0.39, 0.29) is 42.9 Å². The van der Waals surface area contributed by atoms with E-state index in [0.717, 1.165) is 22.3 Å². The third-order valence-corrected chi connectivity index (χ3v) is 9.14. The highest BCUT2D eigenvalue weighted by atomic mass is 16.5. The number of aromatic nitrogens is 4. The van der Waals surface area contributed by atoms with Gasteiger partial charge in [-0.3, -0.25) is 14.5 Å². The van der Waals surface area contributed by atoms with Gasteiger partial charge in [-0.1, -0.05) is 66.7 Å². The molecule has 1 aliphatic heterocycles. The number of alkyl carbamates (subject to hydrolysis) is 1. The van der Waals surface area contributed by atoms with E-state index in [9.17, 15) is 19.5 Å². The van der Waals surface area contributed by atoms with Crippen molar-refractivity contribution >= 4 is 35.0 Å². The summed E-state index contributed by atoms with van der Waals surface area (Å²) in [6.45, 7) is 2.42. The molecule has 5 aromatic rings. The van der Waals surface area contributed by atoms with Gasteiger partial charge in [-0.15, -0.1) is 0 Å². The van der Waals surface area contributed by atoms with E-state index in [0.29, 0.717) is 29.7 Å². The van der Waals surface area contributed by atoms with Gasteiger partial charge in [0.2, 0.25) is 0 Å². The number of carboxylic acid groups (broad SMARTS) is 1. The fourth-order valence-electron chi connectivity index (χ4n) is 6.77. The second-order valence-electron chi connectivity index (χ2n) is 11.8. The molecule has 238 valence electrons. The largest absolute Gasteiger partial charge is 0.480 e. The molecule has 47 heavy (non-hydrogen) atoms. The van der Waals surface area contributed by atoms with Gasteiger partial charge in [0, 0.05) is 30.6 Å². The molecular weight excluding hydrogens is 598 g/mol. The average molecular weight is 632 g/mol. The van der Waals surface area contributed by atoms with Crippen molar-refractivity contribution in [1.29, 1.82) is 0 Å².